The Balaban J connectivity index is 1.81. The number of nitrogen functional groups attached to an aromatic ring is 1. The lowest BCUT2D eigenvalue weighted by atomic mass is 10.1. The van der Waals surface area contributed by atoms with E-state index in [1.807, 2.05) is 0 Å². The first-order chi connectivity index (χ1) is 12.8. The molecule has 0 radical (unpaired) electrons. The molecule has 0 saturated carbocycles. The zero-order valence-electron chi connectivity index (χ0n) is 13.5. The minimum absolute atomic E-state index is 0.0934. The van der Waals surface area contributed by atoms with Crippen LogP contribution in [0.3, 0.4) is 0 Å². The summed E-state index contributed by atoms with van der Waals surface area (Å²) in [6.07, 6.45) is -1.48. The van der Waals surface area contributed by atoms with E-state index in [2.05, 4.69) is 20.4 Å². The number of hydrogen-bond donors (Lipinski definition) is 2. The van der Waals surface area contributed by atoms with E-state index in [-0.39, 0.29) is 34.6 Å². The number of carbonyl (C=O) groups is 1. The third-order valence-electron chi connectivity index (χ3n) is 3.56. The summed E-state index contributed by atoms with van der Waals surface area (Å²) in [6, 6.07) is 6.55. The third kappa shape index (κ3) is 4.00. The van der Waals surface area contributed by atoms with Crippen LogP contribution in [-0.4, -0.2) is 25.7 Å². The highest BCUT2D eigenvalue weighted by Crippen LogP contribution is 2.31. The third-order valence-corrected chi connectivity index (χ3v) is 3.82. The van der Waals surface area contributed by atoms with Gasteiger partial charge < -0.3 is 11.1 Å². The Morgan fingerprint density at radius 2 is 1.96 bits per heavy atom. The SMILES string of the molecule is Nc1nc(-n2cccn2)c(Cl)nc1C(=O)NCc1ccccc1C(F)(F)F. The maximum absolute atomic E-state index is 13.0. The number of nitrogens with one attached hydrogen (secondary N) is 1. The van der Waals surface area contributed by atoms with Gasteiger partial charge in [-0.15, -0.1) is 0 Å². The number of amides is 1. The Bertz CT molecular complexity index is 975. The molecule has 2 aromatic heterocycles. The van der Waals surface area contributed by atoms with Crippen LogP contribution < -0.4 is 11.1 Å². The van der Waals surface area contributed by atoms with Crippen molar-refractivity contribution in [1.29, 1.82) is 0 Å². The minimum Gasteiger partial charge on any atom is -0.382 e. The normalized spacial score (nSPS) is 11.4. The second kappa shape index (κ2) is 7.23. The van der Waals surface area contributed by atoms with E-state index in [4.69, 9.17) is 17.3 Å². The highest BCUT2D eigenvalue weighted by atomic mass is 35.5. The molecule has 0 bridgehead atoms. The quantitative estimate of drug-likeness (QED) is 0.706. The van der Waals surface area contributed by atoms with E-state index in [1.165, 1.54) is 29.1 Å². The number of nitrogens with two attached hydrogens (primary N) is 1. The maximum atomic E-state index is 13.0. The van der Waals surface area contributed by atoms with Gasteiger partial charge in [0.15, 0.2) is 22.5 Å². The van der Waals surface area contributed by atoms with Gasteiger partial charge in [0.25, 0.3) is 5.91 Å². The lowest BCUT2D eigenvalue weighted by Crippen LogP contribution is -2.27. The van der Waals surface area contributed by atoms with Gasteiger partial charge in [-0.2, -0.15) is 18.3 Å². The first-order valence-electron chi connectivity index (χ1n) is 7.53. The first-order valence-corrected chi connectivity index (χ1v) is 7.91. The highest BCUT2D eigenvalue weighted by molar-refractivity contribution is 6.31. The molecular weight excluding hydrogens is 385 g/mol. The molecule has 0 saturated heterocycles. The Labute approximate surface area is 156 Å². The fraction of sp³-hybridized carbons (Fsp3) is 0.125. The molecule has 1 aromatic carbocycles. The molecule has 2 heterocycles. The van der Waals surface area contributed by atoms with Crippen LogP contribution in [0.25, 0.3) is 5.82 Å². The molecule has 0 aliphatic carbocycles. The summed E-state index contributed by atoms with van der Waals surface area (Å²) in [4.78, 5) is 20.2. The monoisotopic (exact) mass is 396 g/mol. The standard InChI is InChI=1S/C16H12ClF3N6O/c17-12-14(26-7-3-6-23-26)25-13(21)11(24-12)15(27)22-8-9-4-1-2-5-10(9)16(18,19)20/h1-7H,8H2,(H2,21,25)(H,22,27). The van der Waals surface area contributed by atoms with Gasteiger partial charge in [0.1, 0.15) is 0 Å². The fourth-order valence-corrected chi connectivity index (χ4v) is 2.55. The van der Waals surface area contributed by atoms with E-state index < -0.39 is 17.6 Å². The van der Waals surface area contributed by atoms with Crippen LogP contribution in [0.15, 0.2) is 42.7 Å². The van der Waals surface area contributed by atoms with Crippen LogP contribution in [0.1, 0.15) is 21.6 Å². The van der Waals surface area contributed by atoms with Crippen LogP contribution in [0.4, 0.5) is 19.0 Å². The molecular formula is C16H12ClF3N6O. The minimum atomic E-state index is -4.53. The van der Waals surface area contributed by atoms with Crippen LogP contribution in [0.5, 0.6) is 0 Å². The fourth-order valence-electron chi connectivity index (χ4n) is 2.34. The molecule has 3 N–H and O–H groups in total. The maximum Gasteiger partial charge on any atom is 0.416 e. The van der Waals surface area contributed by atoms with Gasteiger partial charge in [0, 0.05) is 18.9 Å². The second-order valence-corrected chi connectivity index (χ2v) is 5.72. The number of nitrogens with zero attached hydrogens (tertiary/aromatic N) is 4. The average molecular weight is 397 g/mol. The Morgan fingerprint density at radius 3 is 2.63 bits per heavy atom. The summed E-state index contributed by atoms with van der Waals surface area (Å²) in [5, 5.41) is 6.16. The number of hydrogen-bond acceptors (Lipinski definition) is 5. The zero-order valence-corrected chi connectivity index (χ0v) is 14.3. The molecule has 0 spiro atoms. The summed E-state index contributed by atoms with van der Waals surface area (Å²) in [6.45, 7) is -0.367. The molecule has 140 valence electrons. The molecule has 0 aliphatic heterocycles. The summed E-state index contributed by atoms with van der Waals surface area (Å²) < 4.78 is 40.3. The van der Waals surface area contributed by atoms with E-state index >= 15 is 0 Å². The zero-order chi connectivity index (χ0) is 19.6. The predicted molar refractivity (Wildman–Crippen MR) is 91.2 cm³/mol. The first kappa shape index (κ1) is 18.6. The van der Waals surface area contributed by atoms with E-state index in [9.17, 15) is 18.0 Å². The molecule has 0 unspecified atom stereocenters. The summed E-state index contributed by atoms with van der Waals surface area (Å²) in [7, 11) is 0. The lowest BCUT2D eigenvalue weighted by Gasteiger charge is -2.13. The van der Waals surface area contributed by atoms with Crippen molar-refractivity contribution < 1.29 is 18.0 Å². The summed E-state index contributed by atoms with van der Waals surface area (Å²) in [5.41, 5.74) is 4.53. The van der Waals surface area contributed by atoms with E-state index in [0.717, 1.165) is 6.07 Å². The van der Waals surface area contributed by atoms with Crippen LogP contribution >= 0.6 is 11.6 Å². The Morgan fingerprint density at radius 1 is 1.22 bits per heavy atom. The second-order valence-electron chi connectivity index (χ2n) is 5.36. The van der Waals surface area contributed by atoms with Crippen LogP contribution in [-0.2, 0) is 12.7 Å². The van der Waals surface area contributed by atoms with Crippen molar-refractivity contribution in [1.82, 2.24) is 25.1 Å². The van der Waals surface area contributed by atoms with Crippen molar-refractivity contribution in [3.63, 3.8) is 0 Å². The number of alkyl halides is 3. The molecule has 3 rings (SSSR count). The number of benzene rings is 1. The highest BCUT2D eigenvalue weighted by Gasteiger charge is 2.33. The van der Waals surface area contributed by atoms with Crippen LogP contribution in [0, 0.1) is 0 Å². The Kier molecular flexibility index (Phi) is 5.00. The van der Waals surface area contributed by atoms with E-state index in [1.54, 1.807) is 12.3 Å². The van der Waals surface area contributed by atoms with E-state index in [0.29, 0.717) is 0 Å². The van der Waals surface area contributed by atoms with Gasteiger partial charge in [-0.3, -0.25) is 4.79 Å². The lowest BCUT2D eigenvalue weighted by molar-refractivity contribution is -0.138. The number of anilines is 1. The van der Waals surface area contributed by atoms with Gasteiger partial charge >= 0.3 is 6.18 Å². The molecule has 7 nitrogen and oxygen atoms in total. The molecule has 0 atom stereocenters. The van der Waals surface area contributed by atoms with Gasteiger partial charge in [0.05, 0.1) is 5.56 Å². The molecule has 0 aliphatic rings. The van der Waals surface area contributed by atoms with Crippen molar-refractivity contribution in [2.75, 3.05) is 5.73 Å². The van der Waals surface area contributed by atoms with Crippen molar-refractivity contribution in [3.05, 3.63) is 64.7 Å². The summed E-state index contributed by atoms with van der Waals surface area (Å²) in [5.74, 6) is -0.907. The molecule has 11 heteroatoms. The predicted octanol–water partition coefficient (Wildman–Crippen LogP) is 2.85. The van der Waals surface area contributed by atoms with Gasteiger partial charge in [0.2, 0.25) is 0 Å². The van der Waals surface area contributed by atoms with Gasteiger partial charge in [-0.25, -0.2) is 14.6 Å². The molecule has 27 heavy (non-hydrogen) atoms. The largest absolute Gasteiger partial charge is 0.416 e. The average Bonchev–Trinajstić information content (AvgIpc) is 3.15. The van der Waals surface area contributed by atoms with Gasteiger partial charge in [-0.05, 0) is 17.7 Å². The molecule has 1 amide bonds. The number of halogens is 4. The number of rotatable bonds is 4. The van der Waals surface area contributed by atoms with Crippen molar-refractivity contribution >= 4 is 23.3 Å². The van der Waals surface area contributed by atoms with Crippen molar-refractivity contribution in [2.45, 2.75) is 12.7 Å². The molecule has 3 aromatic rings. The van der Waals surface area contributed by atoms with Crippen molar-refractivity contribution in [3.8, 4) is 5.82 Å². The molecule has 0 fully saturated rings. The van der Waals surface area contributed by atoms with Crippen molar-refractivity contribution in [2.24, 2.45) is 0 Å². The topological polar surface area (TPSA) is 98.7 Å². The smallest absolute Gasteiger partial charge is 0.382 e. The summed E-state index contributed by atoms with van der Waals surface area (Å²) >= 11 is 6.02. The number of carbonyl (C=O) groups excluding carboxylic acids is 1. The Hall–Kier alpha value is -3.14. The van der Waals surface area contributed by atoms with Crippen LogP contribution in [0.2, 0.25) is 5.15 Å². The number of aromatic nitrogens is 4. The van der Waals surface area contributed by atoms with Gasteiger partial charge in [-0.1, -0.05) is 29.8 Å².